The van der Waals surface area contributed by atoms with E-state index in [9.17, 15) is 0 Å². The molecule has 1 N–H and O–H groups in total. The van der Waals surface area contributed by atoms with Crippen LogP contribution in [0, 0.1) is 5.92 Å². The fourth-order valence-electron chi connectivity index (χ4n) is 3.24. The second-order valence-corrected chi connectivity index (χ2v) is 7.57. The third-order valence-corrected chi connectivity index (χ3v) is 4.94. The summed E-state index contributed by atoms with van der Waals surface area (Å²) >= 11 is 0. The van der Waals surface area contributed by atoms with Crippen molar-refractivity contribution in [2.75, 3.05) is 60.5 Å². The Bertz CT molecular complexity index is 347. The molecule has 0 saturated carbocycles. The van der Waals surface area contributed by atoms with Gasteiger partial charge in [-0.1, -0.05) is 19.3 Å². The van der Waals surface area contributed by atoms with Crippen molar-refractivity contribution in [3.05, 3.63) is 0 Å². The topological polar surface area (TPSA) is 40.1 Å². The Morgan fingerprint density at radius 2 is 1.65 bits per heavy atom. The number of nitrogens with one attached hydrogen (secondary N) is 1. The molecule has 0 amide bonds. The molecule has 0 aliphatic carbocycles. The van der Waals surface area contributed by atoms with Gasteiger partial charge >= 0.3 is 0 Å². The first-order valence-corrected chi connectivity index (χ1v) is 10.4. The lowest BCUT2D eigenvalue weighted by molar-refractivity contribution is 0.0625. The number of rotatable bonds is 12. The summed E-state index contributed by atoms with van der Waals surface area (Å²) in [5.74, 6) is 1.89. The van der Waals surface area contributed by atoms with E-state index < -0.39 is 0 Å². The molecule has 6 heteroatoms. The Kier molecular flexibility index (Phi) is 17.0. The summed E-state index contributed by atoms with van der Waals surface area (Å²) in [6.07, 6.45) is 10.2. The van der Waals surface area contributed by atoms with E-state index in [1.807, 2.05) is 0 Å². The Morgan fingerprint density at radius 3 is 2.31 bits per heavy atom. The van der Waals surface area contributed by atoms with Gasteiger partial charge in [-0.2, -0.15) is 0 Å². The maximum Gasteiger partial charge on any atom is 0.193 e. The van der Waals surface area contributed by atoms with Crippen LogP contribution >= 0.6 is 24.0 Å². The van der Waals surface area contributed by atoms with E-state index in [1.165, 1.54) is 57.9 Å². The van der Waals surface area contributed by atoms with Gasteiger partial charge in [0.2, 0.25) is 0 Å². The average molecular weight is 482 g/mol. The quantitative estimate of drug-likeness (QED) is 0.199. The molecule has 1 fully saturated rings. The van der Waals surface area contributed by atoms with E-state index >= 15 is 0 Å². The first-order chi connectivity index (χ1) is 12.1. The maximum atomic E-state index is 5.45. The molecule has 156 valence electrons. The number of unbranched alkanes of at least 4 members (excludes halogenated alkanes) is 4. The van der Waals surface area contributed by atoms with Crippen molar-refractivity contribution in [2.24, 2.45) is 10.9 Å². The van der Waals surface area contributed by atoms with E-state index in [4.69, 9.17) is 9.73 Å². The largest absolute Gasteiger partial charge is 0.381 e. The molecule has 0 unspecified atom stereocenters. The lowest BCUT2D eigenvalue weighted by atomic mass is 9.96. The van der Waals surface area contributed by atoms with E-state index in [0.29, 0.717) is 0 Å². The Labute approximate surface area is 179 Å². The molecule has 0 bridgehead atoms. The van der Waals surface area contributed by atoms with Crippen molar-refractivity contribution in [1.82, 2.24) is 15.1 Å². The molecule has 26 heavy (non-hydrogen) atoms. The molecule has 1 saturated heterocycles. The summed E-state index contributed by atoms with van der Waals surface area (Å²) in [6.45, 7) is 8.20. The van der Waals surface area contributed by atoms with Crippen molar-refractivity contribution < 1.29 is 4.74 Å². The van der Waals surface area contributed by atoms with Crippen LogP contribution in [0.15, 0.2) is 4.99 Å². The van der Waals surface area contributed by atoms with Crippen molar-refractivity contribution >= 4 is 29.9 Å². The average Bonchev–Trinajstić information content (AvgIpc) is 2.61. The fraction of sp³-hybridized carbons (Fsp3) is 0.950. The van der Waals surface area contributed by atoms with E-state index in [1.54, 1.807) is 0 Å². The highest BCUT2D eigenvalue weighted by Crippen LogP contribution is 2.18. The number of guanidine groups is 1. The van der Waals surface area contributed by atoms with E-state index in [2.05, 4.69) is 43.2 Å². The molecular weight excluding hydrogens is 439 g/mol. The Balaban J connectivity index is 0.00000625. The number of ether oxygens (including phenoxy) is 1. The van der Waals surface area contributed by atoms with Gasteiger partial charge in [0.25, 0.3) is 0 Å². The zero-order chi connectivity index (χ0) is 18.3. The van der Waals surface area contributed by atoms with Crippen LogP contribution in [-0.4, -0.2) is 76.3 Å². The van der Waals surface area contributed by atoms with Gasteiger partial charge in [0.1, 0.15) is 0 Å². The van der Waals surface area contributed by atoms with Gasteiger partial charge in [0.15, 0.2) is 5.96 Å². The molecule has 1 aliphatic heterocycles. The van der Waals surface area contributed by atoms with Crippen LogP contribution in [0.3, 0.4) is 0 Å². The number of aliphatic imine (C=N–C) groups is 1. The van der Waals surface area contributed by atoms with Crippen LogP contribution < -0.4 is 5.32 Å². The van der Waals surface area contributed by atoms with Gasteiger partial charge in [-0.15, -0.1) is 24.0 Å². The second-order valence-electron chi connectivity index (χ2n) is 7.57. The highest BCUT2D eigenvalue weighted by Gasteiger charge is 2.15. The first-order valence-electron chi connectivity index (χ1n) is 10.4. The molecule has 0 aromatic carbocycles. The van der Waals surface area contributed by atoms with E-state index in [-0.39, 0.29) is 24.0 Å². The first kappa shape index (κ1) is 25.9. The second kappa shape index (κ2) is 17.0. The van der Waals surface area contributed by atoms with Crippen molar-refractivity contribution in [2.45, 2.75) is 58.3 Å². The SMILES string of the molecule is CCNC(=NCCCCCCCN(C)C)N(C)CCC1CCOCC1.I. The third kappa shape index (κ3) is 13.1. The van der Waals surface area contributed by atoms with Crippen LogP contribution in [0.5, 0.6) is 0 Å². The zero-order valence-corrected chi connectivity index (χ0v) is 20.0. The predicted octanol–water partition coefficient (Wildman–Crippen LogP) is 3.83. The molecule has 0 radical (unpaired) electrons. The monoisotopic (exact) mass is 482 g/mol. The summed E-state index contributed by atoms with van der Waals surface area (Å²) in [5.41, 5.74) is 0. The van der Waals surface area contributed by atoms with E-state index in [0.717, 1.165) is 44.7 Å². The number of hydrogen-bond acceptors (Lipinski definition) is 3. The summed E-state index contributed by atoms with van der Waals surface area (Å²) in [4.78, 5) is 9.39. The molecule has 0 spiro atoms. The minimum Gasteiger partial charge on any atom is -0.381 e. The van der Waals surface area contributed by atoms with Gasteiger partial charge in [-0.3, -0.25) is 4.99 Å². The Hall–Kier alpha value is -0.0800. The number of hydrogen-bond donors (Lipinski definition) is 1. The summed E-state index contributed by atoms with van der Waals surface area (Å²) in [7, 11) is 6.47. The normalized spacial score (nSPS) is 15.8. The molecule has 0 atom stereocenters. The highest BCUT2D eigenvalue weighted by atomic mass is 127. The maximum absolute atomic E-state index is 5.45. The molecule has 0 aromatic rings. The lowest BCUT2D eigenvalue weighted by Crippen LogP contribution is -2.40. The van der Waals surface area contributed by atoms with Crippen LogP contribution in [0.1, 0.15) is 58.3 Å². The fourth-order valence-corrected chi connectivity index (χ4v) is 3.24. The lowest BCUT2D eigenvalue weighted by Gasteiger charge is -2.26. The molecule has 1 rings (SSSR count). The molecule has 0 aromatic heterocycles. The van der Waals surface area contributed by atoms with Crippen LogP contribution in [0.25, 0.3) is 0 Å². The number of nitrogens with zero attached hydrogens (tertiary/aromatic N) is 3. The van der Waals surface area contributed by atoms with Crippen LogP contribution in [0.2, 0.25) is 0 Å². The predicted molar refractivity (Wildman–Crippen MR) is 124 cm³/mol. The van der Waals surface area contributed by atoms with Gasteiger partial charge in [0.05, 0.1) is 0 Å². The van der Waals surface area contributed by atoms with Crippen molar-refractivity contribution in [1.29, 1.82) is 0 Å². The molecule has 1 heterocycles. The van der Waals surface area contributed by atoms with Crippen LogP contribution in [0.4, 0.5) is 0 Å². The highest BCUT2D eigenvalue weighted by molar-refractivity contribution is 14.0. The standard InChI is InChI=1S/C20H42N4O.HI/c1-5-21-20(22-14-9-7-6-8-10-15-23(2)3)24(4)16-11-19-12-17-25-18-13-19;/h19H,5-18H2,1-4H3,(H,21,22);1H. The molecule has 5 nitrogen and oxygen atoms in total. The van der Waals surface area contributed by atoms with Gasteiger partial charge in [-0.05, 0) is 65.6 Å². The third-order valence-electron chi connectivity index (χ3n) is 4.94. The van der Waals surface area contributed by atoms with Crippen molar-refractivity contribution in [3.8, 4) is 0 Å². The van der Waals surface area contributed by atoms with Gasteiger partial charge < -0.3 is 19.9 Å². The minimum atomic E-state index is 0. The van der Waals surface area contributed by atoms with Gasteiger partial charge in [0, 0.05) is 39.9 Å². The molecule has 1 aliphatic rings. The zero-order valence-electron chi connectivity index (χ0n) is 17.6. The summed E-state index contributed by atoms with van der Waals surface area (Å²) in [5, 5.41) is 3.44. The van der Waals surface area contributed by atoms with Gasteiger partial charge in [-0.25, -0.2) is 0 Å². The number of halogens is 1. The Morgan fingerprint density at radius 1 is 1.00 bits per heavy atom. The minimum absolute atomic E-state index is 0. The van der Waals surface area contributed by atoms with Crippen LogP contribution in [-0.2, 0) is 4.74 Å². The summed E-state index contributed by atoms with van der Waals surface area (Å²) in [6, 6.07) is 0. The summed E-state index contributed by atoms with van der Waals surface area (Å²) < 4.78 is 5.45. The van der Waals surface area contributed by atoms with Crippen molar-refractivity contribution in [3.63, 3.8) is 0 Å². The molecular formula is C20H43IN4O. The smallest absolute Gasteiger partial charge is 0.193 e.